The SMILES string of the molecule is CCn1ncnc1CN1C[C@H]2C[C@@H](C1)[C@H](CN(C)C)N1C(=O)CCC[C@@H]21. The molecule has 7 heteroatoms. The van der Waals surface area contributed by atoms with E-state index in [0.717, 1.165) is 51.4 Å². The van der Waals surface area contributed by atoms with Gasteiger partial charge in [0.25, 0.3) is 0 Å². The molecule has 4 atom stereocenters. The van der Waals surface area contributed by atoms with Crippen LogP contribution in [0.15, 0.2) is 6.33 Å². The number of amides is 1. The number of aryl methyl sites for hydroxylation is 1. The van der Waals surface area contributed by atoms with Crippen LogP contribution in [0.2, 0.25) is 0 Å². The zero-order chi connectivity index (χ0) is 18.3. The highest BCUT2D eigenvalue weighted by atomic mass is 16.2. The monoisotopic (exact) mass is 360 g/mol. The van der Waals surface area contributed by atoms with Crippen LogP contribution in [0.1, 0.15) is 38.4 Å². The average Bonchev–Trinajstić information content (AvgIpc) is 3.05. The number of hydrogen-bond acceptors (Lipinski definition) is 5. The highest BCUT2D eigenvalue weighted by Crippen LogP contribution is 2.41. The second-order valence-corrected chi connectivity index (χ2v) is 8.53. The predicted octanol–water partition coefficient (Wildman–Crippen LogP) is 1.06. The molecule has 1 amide bonds. The molecule has 1 aromatic rings. The molecule has 0 aliphatic carbocycles. The van der Waals surface area contributed by atoms with Gasteiger partial charge in [0.1, 0.15) is 12.2 Å². The third kappa shape index (κ3) is 3.27. The zero-order valence-electron chi connectivity index (χ0n) is 16.3. The number of carbonyl (C=O) groups excluding carboxylic acids is 1. The molecule has 0 N–H and O–H groups in total. The number of nitrogens with zero attached hydrogens (tertiary/aromatic N) is 6. The Morgan fingerprint density at radius 1 is 1.27 bits per heavy atom. The van der Waals surface area contributed by atoms with Crippen molar-refractivity contribution in [1.29, 1.82) is 0 Å². The fourth-order valence-electron chi connectivity index (χ4n) is 5.48. The molecule has 3 fully saturated rings. The van der Waals surface area contributed by atoms with E-state index in [9.17, 15) is 4.79 Å². The predicted molar refractivity (Wildman–Crippen MR) is 99.4 cm³/mol. The maximum atomic E-state index is 12.7. The van der Waals surface area contributed by atoms with Gasteiger partial charge in [0.05, 0.1) is 6.54 Å². The number of piperidine rings is 3. The van der Waals surface area contributed by atoms with Crippen LogP contribution in [0, 0.1) is 11.8 Å². The Kier molecular flexibility index (Phi) is 5.01. The van der Waals surface area contributed by atoms with E-state index in [-0.39, 0.29) is 0 Å². The van der Waals surface area contributed by atoms with Gasteiger partial charge in [-0.2, -0.15) is 5.10 Å². The van der Waals surface area contributed by atoms with Gasteiger partial charge in [-0.15, -0.1) is 0 Å². The Bertz CT molecular complexity index is 644. The topological polar surface area (TPSA) is 57.5 Å². The van der Waals surface area contributed by atoms with Gasteiger partial charge in [0.15, 0.2) is 0 Å². The van der Waals surface area contributed by atoms with Crippen molar-refractivity contribution in [3.63, 3.8) is 0 Å². The summed E-state index contributed by atoms with van der Waals surface area (Å²) < 4.78 is 2.00. The number of fused-ring (bicyclic) bond motifs is 4. The van der Waals surface area contributed by atoms with Gasteiger partial charge in [-0.05, 0) is 52.1 Å². The van der Waals surface area contributed by atoms with Crippen molar-refractivity contribution in [1.82, 2.24) is 29.5 Å². The Hall–Kier alpha value is -1.47. The van der Waals surface area contributed by atoms with Crippen LogP contribution >= 0.6 is 0 Å². The van der Waals surface area contributed by atoms with Crippen molar-refractivity contribution in [3.8, 4) is 0 Å². The minimum Gasteiger partial charge on any atom is -0.335 e. The zero-order valence-corrected chi connectivity index (χ0v) is 16.3. The van der Waals surface area contributed by atoms with Gasteiger partial charge >= 0.3 is 0 Å². The molecule has 7 nitrogen and oxygen atoms in total. The molecule has 26 heavy (non-hydrogen) atoms. The lowest BCUT2D eigenvalue weighted by Gasteiger charge is -2.57. The molecule has 3 aliphatic heterocycles. The molecular weight excluding hydrogens is 328 g/mol. The van der Waals surface area contributed by atoms with Crippen molar-refractivity contribution in [2.75, 3.05) is 33.7 Å². The standard InChI is InChI=1S/C19H32N6O/c1-4-24-18(20-13-21-24)12-23-9-14-8-15(10-23)17(11-22(2)3)25-16(14)6-5-7-19(25)26/h13-17H,4-12H2,1-3H3/t14-,15+,16+,17+/m1/s1. The van der Waals surface area contributed by atoms with Crippen LogP contribution in [0.25, 0.3) is 0 Å². The van der Waals surface area contributed by atoms with Crippen LogP contribution in [0.3, 0.4) is 0 Å². The van der Waals surface area contributed by atoms with E-state index in [2.05, 4.69) is 45.8 Å². The van der Waals surface area contributed by atoms with Crippen LogP contribution in [0.4, 0.5) is 0 Å². The summed E-state index contributed by atoms with van der Waals surface area (Å²) in [4.78, 5) is 24.3. The first-order chi connectivity index (χ1) is 12.6. The van der Waals surface area contributed by atoms with Gasteiger partial charge in [-0.25, -0.2) is 9.67 Å². The highest BCUT2D eigenvalue weighted by molar-refractivity contribution is 5.78. The van der Waals surface area contributed by atoms with Gasteiger partial charge in [-0.3, -0.25) is 9.69 Å². The molecular formula is C19H32N6O. The molecule has 0 aromatic carbocycles. The Balaban J connectivity index is 1.55. The second-order valence-electron chi connectivity index (χ2n) is 8.53. The maximum Gasteiger partial charge on any atom is 0.223 e. The summed E-state index contributed by atoms with van der Waals surface area (Å²) in [6.45, 7) is 6.96. The van der Waals surface area contributed by atoms with Crippen molar-refractivity contribution in [2.24, 2.45) is 11.8 Å². The lowest BCUT2D eigenvalue weighted by molar-refractivity contribution is -0.153. The molecule has 0 radical (unpaired) electrons. The molecule has 0 saturated carbocycles. The van der Waals surface area contributed by atoms with E-state index in [1.165, 1.54) is 12.8 Å². The Morgan fingerprint density at radius 2 is 2.08 bits per heavy atom. The van der Waals surface area contributed by atoms with E-state index in [0.29, 0.717) is 29.8 Å². The van der Waals surface area contributed by atoms with Crippen LogP contribution in [-0.4, -0.2) is 81.2 Å². The van der Waals surface area contributed by atoms with Crippen molar-refractivity contribution < 1.29 is 4.79 Å². The smallest absolute Gasteiger partial charge is 0.223 e. The van der Waals surface area contributed by atoms with E-state index in [4.69, 9.17) is 0 Å². The summed E-state index contributed by atoms with van der Waals surface area (Å²) in [5.74, 6) is 2.62. The van der Waals surface area contributed by atoms with Crippen LogP contribution in [0.5, 0.6) is 0 Å². The normalized spacial score (nSPS) is 32.2. The largest absolute Gasteiger partial charge is 0.335 e. The Labute approximate surface area is 156 Å². The first-order valence-electron chi connectivity index (χ1n) is 10.1. The molecule has 4 heterocycles. The van der Waals surface area contributed by atoms with Crippen LogP contribution in [-0.2, 0) is 17.9 Å². The molecule has 3 aliphatic rings. The molecule has 4 rings (SSSR count). The quantitative estimate of drug-likeness (QED) is 0.786. The summed E-state index contributed by atoms with van der Waals surface area (Å²) in [7, 11) is 4.25. The number of aromatic nitrogens is 3. The first kappa shape index (κ1) is 17.9. The average molecular weight is 361 g/mol. The third-order valence-corrected chi connectivity index (χ3v) is 6.48. The van der Waals surface area contributed by atoms with Crippen molar-refractivity contribution >= 4 is 5.91 Å². The van der Waals surface area contributed by atoms with Gasteiger partial charge in [-0.1, -0.05) is 0 Å². The van der Waals surface area contributed by atoms with E-state index in [1.54, 1.807) is 6.33 Å². The minimum absolute atomic E-state index is 0.353. The van der Waals surface area contributed by atoms with Crippen LogP contribution < -0.4 is 0 Å². The van der Waals surface area contributed by atoms with E-state index >= 15 is 0 Å². The number of hydrogen-bond donors (Lipinski definition) is 0. The summed E-state index contributed by atoms with van der Waals surface area (Å²) >= 11 is 0. The van der Waals surface area contributed by atoms with Gasteiger partial charge in [0.2, 0.25) is 5.91 Å². The number of carbonyl (C=O) groups is 1. The molecule has 3 saturated heterocycles. The number of rotatable bonds is 5. The highest BCUT2D eigenvalue weighted by Gasteiger charge is 2.49. The maximum absolute atomic E-state index is 12.7. The van der Waals surface area contributed by atoms with Crippen molar-refractivity contribution in [2.45, 2.75) is 57.8 Å². The fraction of sp³-hybridized carbons (Fsp3) is 0.842. The summed E-state index contributed by atoms with van der Waals surface area (Å²) in [5.41, 5.74) is 0. The third-order valence-electron chi connectivity index (χ3n) is 6.48. The first-order valence-corrected chi connectivity index (χ1v) is 10.1. The summed E-state index contributed by atoms with van der Waals surface area (Å²) in [6.07, 6.45) is 5.90. The Morgan fingerprint density at radius 3 is 2.85 bits per heavy atom. The number of likely N-dealkylation sites (tertiary alicyclic amines) is 1. The molecule has 1 aromatic heterocycles. The minimum atomic E-state index is 0.353. The molecule has 144 valence electrons. The molecule has 0 spiro atoms. The van der Waals surface area contributed by atoms with Gasteiger partial charge in [0, 0.05) is 44.7 Å². The summed E-state index contributed by atoms with van der Waals surface area (Å²) in [6, 6.07) is 0.787. The molecule has 0 unspecified atom stereocenters. The van der Waals surface area contributed by atoms with E-state index in [1.807, 2.05) is 4.68 Å². The lowest BCUT2D eigenvalue weighted by atomic mass is 9.72. The number of likely N-dealkylation sites (N-methyl/N-ethyl adjacent to an activating group) is 1. The van der Waals surface area contributed by atoms with Crippen molar-refractivity contribution in [3.05, 3.63) is 12.2 Å². The fourth-order valence-corrected chi connectivity index (χ4v) is 5.48. The van der Waals surface area contributed by atoms with Gasteiger partial charge < -0.3 is 9.80 Å². The lowest BCUT2D eigenvalue weighted by Crippen LogP contribution is -2.66. The summed E-state index contributed by atoms with van der Waals surface area (Å²) in [5, 5.41) is 4.32. The second kappa shape index (κ2) is 7.27. The molecule has 2 bridgehead atoms. The van der Waals surface area contributed by atoms with E-state index < -0.39 is 0 Å².